The summed E-state index contributed by atoms with van der Waals surface area (Å²) in [6.07, 6.45) is 2.04. The number of halogens is 2. The van der Waals surface area contributed by atoms with Gasteiger partial charge in [-0.1, -0.05) is 41.9 Å². The Morgan fingerprint density at radius 3 is 2.36 bits per heavy atom. The van der Waals surface area contributed by atoms with Gasteiger partial charge in [0.25, 0.3) is 0 Å². The van der Waals surface area contributed by atoms with Crippen molar-refractivity contribution in [2.75, 3.05) is 26.2 Å². The summed E-state index contributed by atoms with van der Waals surface area (Å²) in [4.78, 5) is 14.1. The topological polar surface area (TPSA) is 57.7 Å². The Morgan fingerprint density at radius 1 is 1.04 bits per heavy atom. The molecule has 5 nitrogen and oxygen atoms in total. The molecule has 2 aromatic carbocycles. The molecule has 0 bridgehead atoms. The van der Waals surface area contributed by atoms with E-state index >= 15 is 0 Å². The SMILES string of the molecule is O=C(CCCc1ccccc1)N1CCN(S(=O)(=O)c2ccc(F)c(Cl)c2)CC1. The Morgan fingerprint density at radius 2 is 1.71 bits per heavy atom. The highest BCUT2D eigenvalue weighted by Crippen LogP contribution is 2.23. The van der Waals surface area contributed by atoms with Gasteiger partial charge in [-0.05, 0) is 36.6 Å². The largest absolute Gasteiger partial charge is 0.340 e. The minimum absolute atomic E-state index is 0.0396. The fraction of sp³-hybridized carbons (Fsp3) is 0.350. The highest BCUT2D eigenvalue weighted by Gasteiger charge is 2.30. The first-order valence-corrected chi connectivity index (χ1v) is 11.0. The molecule has 0 aliphatic carbocycles. The quantitative estimate of drug-likeness (QED) is 0.714. The summed E-state index contributed by atoms with van der Waals surface area (Å²) in [5.41, 5.74) is 1.20. The van der Waals surface area contributed by atoms with Crippen molar-refractivity contribution >= 4 is 27.5 Å². The molecule has 1 saturated heterocycles. The zero-order valence-electron chi connectivity index (χ0n) is 15.4. The van der Waals surface area contributed by atoms with Crippen LogP contribution in [0.1, 0.15) is 18.4 Å². The molecule has 0 radical (unpaired) electrons. The van der Waals surface area contributed by atoms with Crippen molar-refractivity contribution < 1.29 is 17.6 Å². The molecule has 0 saturated carbocycles. The maximum absolute atomic E-state index is 13.3. The molecule has 0 spiro atoms. The van der Waals surface area contributed by atoms with Gasteiger partial charge >= 0.3 is 0 Å². The zero-order chi connectivity index (χ0) is 20.1. The number of piperazine rings is 1. The predicted octanol–water partition coefficient (Wildman–Crippen LogP) is 3.33. The lowest BCUT2D eigenvalue weighted by Crippen LogP contribution is -2.50. The van der Waals surface area contributed by atoms with E-state index in [-0.39, 0.29) is 28.9 Å². The van der Waals surface area contributed by atoms with Crippen molar-refractivity contribution in [3.63, 3.8) is 0 Å². The molecule has 1 aliphatic heterocycles. The number of carbonyl (C=O) groups is 1. The van der Waals surface area contributed by atoms with E-state index in [1.165, 1.54) is 15.9 Å². The smallest absolute Gasteiger partial charge is 0.243 e. The number of carbonyl (C=O) groups excluding carboxylic acids is 1. The van der Waals surface area contributed by atoms with Crippen molar-refractivity contribution in [1.29, 1.82) is 0 Å². The van der Waals surface area contributed by atoms with Crippen LogP contribution in [0.25, 0.3) is 0 Å². The second-order valence-electron chi connectivity index (χ2n) is 6.70. The molecule has 0 unspecified atom stereocenters. The highest BCUT2D eigenvalue weighted by atomic mass is 35.5. The number of amides is 1. The molecule has 28 heavy (non-hydrogen) atoms. The fourth-order valence-electron chi connectivity index (χ4n) is 3.21. The third-order valence-corrected chi connectivity index (χ3v) is 7.00. The van der Waals surface area contributed by atoms with Crippen LogP contribution in [-0.2, 0) is 21.2 Å². The molecule has 0 N–H and O–H groups in total. The number of nitrogens with zero attached hydrogens (tertiary/aromatic N) is 2. The standard InChI is InChI=1S/C20H22ClFN2O3S/c21-18-15-17(9-10-19(18)22)28(26,27)24-13-11-23(12-14-24)20(25)8-4-7-16-5-2-1-3-6-16/h1-3,5-6,9-10,15H,4,7-8,11-14H2. The van der Waals surface area contributed by atoms with Crippen LogP contribution in [0.3, 0.4) is 0 Å². The maximum atomic E-state index is 13.3. The van der Waals surface area contributed by atoms with Crippen LogP contribution in [0.15, 0.2) is 53.4 Å². The molecule has 1 heterocycles. The molecule has 150 valence electrons. The Labute approximate surface area is 169 Å². The van der Waals surface area contributed by atoms with E-state index in [4.69, 9.17) is 11.6 Å². The lowest BCUT2D eigenvalue weighted by atomic mass is 10.1. The van der Waals surface area contributed by atoms with Crippen molar-refractivity contribution in [1.82, 2.24) is 9.21 Å². The minimum Gasteiger partial charge on any atom is -0.340 e. The summed E-state index contributed by atoms with van der Waals surface area (Å²) in [6.45, 7) is 1.11. The number of hydrogen-bond donors (Lipinski definition) is 0. The average molecular weight is 425 g/mol. The maximum Gasteiger partial charge on any atom is 0.243 e. The van der Waals surface area contributed by atoms with Crippen molar-refractivity contribution in [2.24, 2.45) is 0 Å². The van der Waals surface area contributed by atoms with Gasteiger partial charge in [-0.25, -0.2) is 12.8 Å². The van der Waals surface area contributed by atoms with Gasteiger partial charge in [0, 0.05) is 32.6 Å². The lowest BCUT2D eigenvalue weighted by molar-refractivity contribution is -0.132. The number of hydrogen-bond acceptors (Lipinski definition) is 3. The third-order valence-electron chi connectivity index (χ3n) is 4.82. The summed E-state index contributed by atoms with van der Waals surface area (Å²) in [5, 5.41) is -0.228. The van der Waals surface area contributed by atoms with E-state index in [1.807, 2.05) is 30.3 Å². The van der Waals surface area contributed by atoms with Gasteiger partial charge in [0.15, 0.2) is 0 Å². The second kappa shape index (κ2) is 9.03. The molecular formula is C20H22ClFN2O3S. The van der Waals surface area contributed by atoms with Gasteiger partial charge in [-0.2, -0.15) is 4.31 Å². The van der Waals surface area contributed by atoms with Crippen molar-refractivity contribution in [3.8, 4) is 0 Å². The van der Waals surface area contributed by atoms with Gasteiger partial charge in [0.1, 0.15) is 5.82 Å². The van der Waals surface area contributed by atoms with Crippen LogP contribution in [0.5, 0.6) is 0 Å². The first-order chi connectivity index (χ1) is 13.4. The minimum atomic E-state index is -3.76. The molecule has 3 rings (SSSR count). The number of rotatable bonds is 6. The molecule has 1 aliphatic rings. The molecule has 2 aromatic rings. The van der Waals surface area contributed by atoms with Crippen molar-refractivity contribution in [2.45, 2.75) is 24.2 Å². The van der Waals surface area contributed by atoms with Crippen LogP contribution >= 0.6 is 11.6 Å². The average Bonchev–Trinajstić information content (AvgIpc) is 2.71. The molecule has 0 aromatic heterocycles. The van der Waals surface area contributed by atoms with Gasteiger partial charge in [0.05, 0.1) is 9.92 Å². The first-order valence-electron chi connectivity index (χ1n) is 9.15. The summed E-state index contributed by atoms with van der Waals surface area (Å²) in [5.74, 6) is -0.621. The summed E-state index contributed by atoms with van der Waals surface area (Å²) in [6, 6.07) is 13.4. The predicted molar refractivity (Wildman–Crippen MR) is 106 cm³/mol. The summed E-state index contributed by atoms with van der Waals surface area (Å²) in [7, 11) is -3.76. The third kappa shape index (κ3) is 4.90. The normalized spacial score (nSPS) is 15.6. The van der Waals surface area contributed by atoms with Crippen LogP contribution in [0, 0.1) is 5.82 Å². The van der Waals surface area contributed by atoms with Crippen LogP contribution in [0.2, 0.25) is 5.02 Å². The Hall–Kier alpha value is -1.96. The van der Waals surface area contributed by atoms with E-state index in [0.29, 0.717) is 19.5 Å². The van der Waals surface area contributed by atoms with Crippen LogP contribution < -0.4 is 0 Å². The Balaban J connectivity index is 1.52. The monoisotopic (exact) mass is 424 g/mol. The van der Waals surface area contributed by atoms with Crippen LogP contribution in [-0.4, -0.2) is 49.7 Å². The molecule has 1 amide bonds. The number of benzene rings is 2. The lowest BCUT2D eigenvalue weighted by Gasteiger charge is -2.34. The number of aryl methyl sites for hydroxylation is 1. The Kier molecular flexibility index (Phi) is 6.69. The van der Waals surface area contributed by atoms with Gasteiger partial charge in [0.2, 0.25) is 15.9 Å². The van der Waals surface area contributed by atoms with E-state index in [2.05, 4.69) is 0 Å². The summed E-state index contributed by atoms with van der Waals surface area (Å²) < 4.78 is 40.0. The Bertz CT molecular complexity index is 930. The van der Waals surface area contributed by atoms with E-state index in [9.17, 15) is 17.6 Å². The molecule has 1 fully saturated rings. The van der Waals surface area contributed by atoms with Gasteiger partial charge < -0.3 is 4.90 Å². The molecule has 8 heteroatoms. The van der Waals surface area contributed by atoms with E-state index in [0.717, 1.165) is 25.0 Å². The second-order valence-corrected chi connectivity index (χ2v) is 9.05. The zero-order valence-corrected chi connectivity index (χ0v) is 16.9. The van der Waals surface area contributed by atoms with Crippen LogP contribution in [0.4, 0.5) is 4.39 Å². The fourth-order valence-corrected chi connectivity index (χ4v) is 4.90. The van der Waals surface area contributed by atoms with Gasteiger partial charge in [-0.15, -0.1) is 0 Å². The van der Waals surface area contributed by atoms with E-state index < -0.39 is 15.8 Å². The first kappa shape index (κ1) is 20.8. The van der Waals surface area contributed by atoms with E-state index in [1.54, 1.807) is 4.90 Å². The molecule has 0 atom stereocenters. The number of sulfonamides is 1. The molecular weight excluding hydrogens is 403 g/mol. The van der Waals surface area contributed by atoms with Crippen molar-refractivity contribution in [3.05, 3.63) is 64.9 Å². The highest BCUT2D eigenvalue weighted by molar-refractivity contribution is 7.89. The summed E-state index contributed by atoms with van der Waals surface area (Å²) >= 11 is 5.71. The van der Waals surface area contributed by atoms with Gasteiger partial charge in [-0.3, -0.25) is 4.79 Å².